The maximum atomic E-state index is 3.81. The highest BCUT2D eigenvalue weighted by Crippen LogP contribution is 2.44. The topological polar surface area (TPSA) is 12.0 Å². The van der Waals surface area contributed by atoms with Crippen LogP contribution in [-0.2, 0) is 0 Å². The standard InChI is InChI=1S/C16H25N/c1-12(16-10-14-7-8-15(16)9-14)17-11-13-5-3-2-4-6-13/h2-3,7-8,12-17H,4-6,9-11H2,1H3. The van der Waals surface area contributed by atoms with E-state index in [1.165, 1.54) is 38.6 Å². The Balaban J connectivity index is 1.45. The van der Waals surface area contributed by atoms with E-state index in [2.05, 4.69) is 36.5 Å². The molecule has 1 nitrogen and oxygen atoms in total. The molecule has 0 spiro atoms. The van der Waals surface area contributed by atoms with Gasteiger partial charge in [0.1, 0.15) is 0 Å². The van der Waals surface area contributed by atoms with Crippen molar-refractivity contribution in [3.05, 3.63) is 24.3 Å². The van der Waals surface area contributed by atoms with E-state index in [4.69, 9.17) is 0 Å². The molecule has 94 valence electrons. The Labute approximate surface area is 105 Å². The van der Waals surface area contributed by atoms with Gasteiger partial charge in [0.05, 0.1) is 0 Å². The number of fused-ring (bicyclic) bond motifs is 2. The molecule has 0 saturated heterocycles. The molecule has 1 saturated carbocycles. The lowest BCUT2D eigenvalue weighted by Crippen LogP contribution is -2.38. The highest BCUT2D eigenvalue weighted by atomic mass is 14.9. The van der Waals surface area contributed by atoms with Crippen LogP contribution in [0, 0.1) is 23.7 Å². The molecule has 5 unspecified atom stereocenters. The van der Waals surface area contributed by atoms with Crippen LogP contribution >= 0.6 is 0 Å². The number of rotatable bonds is 4. The monoisotopic (exact) mass is 231 g/mol. The van der Waals surface area contributed by atoms with Crippen LogP contribution in [0.15, 0.2) is 24.3 Å². The van der Waals surface area contributed by atoms with E-state index < -0.39 is 0 Å². The lowest BCUT2D eigenvalue weighted by molar-refractivity contribution is 0.304. The summed E-state index contributed by atoms with van der Waals surface area (Å²) < 4.78 is 0. The molecule has 3 aliphatic rings. The first kappa shape index (κ1) is 11.5. The second-order valence-electron chi connectivity index (χ2n) is 6.29. The lowest BCUT2D eigenvalue weighted by Gasteiger charge is -2.28. The Hall–Kier alpha value is -0.560. The molecular formula is C16H25N. The molecule has 5 atom stereocenters. The van der Waals surface area contributed by atoms with E-state index in [-0.39, 0.29) is 0 Å². The van der Waals surface area contributed by atoms with Crippen LogP contribution in [0.2, 0.25) is 0 Å². The molecule has 0 aromatic carbocycles. The van der Waals surface area contributed by atoms with Crippen molar-refractivity contribution in [1.82, 2.24) is 5.32 Å². The van der Waals surface area contributed by atoms with Gasteiger partial charge in [0, 0.05) is 6.04 Å². The maximum absolute atomic E-state index is 3.81. The summed E-state index contributed by atoms with van der Waals surface area (Å²) in [7, 11) is 0. The van der Waals surface area contributed by atoms with Crippen molar-refractivity contribution < 1.29 is 0 Å². The zero-order valence-electron chi connectivity index (χ0n) is 10.9. The van der Waals surface area contributed by atoms with Gasteiger partial charge >= 0.3 is 0 Å². The quantitative estimate of drug-likeness (QED) is 0.730. The van der Waals surface area contributed by atoms with Crippen LogP contribution in [0.1, 0.15) is 39.0 Å². The molecule has 0 aliphatic heterocycles. The fourth-order valence-electron chi connectivity index (χ4n) is 3.94. The summed E-state index contributed by atoms with van der Waals surface area (Å²) in [6, 6.07) is 0.709. The molecule has 1 fully saturated rings. The first-order valence-corrected chi connectivity index (χ1v) is 7.39. The Morgan fingerprint density at radius 3 is 2.82 bits per heavy atom. The third-order valence-corrected chi connectivity index (χ3v) is 5.08. The highest BCUT2D eigenvalue weighted by Gasteiger charge is 2.38. The smallest absolute Gasteiger partial charge is 0.00729 e. The first-order valence-electron chi connectivity index (χ1n) is 7.39. The van der Waals surface area contributed by atoms with Crippen LogP contribution < -0.4 is 5.32 Å². The minimum absolute atomic E-state index is 0.709. The Kier molecular flexibility index (Phi) is 3.37. The van der Waals surface area contributed by atoms with Crippen molar-refractivity contribution in [2.45, 2.75) is 45.1 Å². The van der Waals surface area contributed by atoms with Crippen LogP contribution in [0.25, 0.3) is 0 Å². The average molecular weight is 231 g/mol. The lowest BCUT2D eigenvalue weighted by atomic mass is 9.87. The van der Waals surface area contributed by atoms with E-state index in [1.807, 2.05) is 0 Å². The zero-order chi connectivity index (χ0) is 11.7. The van der Waals surface area contributed by atoms with Crippen LogP contribution in [-0.4, -0.2) is 12.6 Å². The predicted octanol–water partition coefficient (Wildman–Crippen LogP) is 3.53. The zero-order valence-corrected chi connectivity index (χ0v) is 10.9. The normalized spacial score (nSPS) is 41.0. The van der Waals surface area contributed by atoms with Crippen LogP contribution in [0.4, 0.5) is 0 Å². The van der Waals surface area contributed by atoms with Gasteiger partial charge in [-0.2, -0.15) is 0 Å². The van der Waals surface area contributed by atoms with Crippen molar-refractivity contribution >= 4 is 0 Å². The fourth-order valence-corrected chi connectivity index (χ4v) is 3.94. The molecule has 1 N–H and O–H groups in total. The van der Waals surface area contributed by atoms with Gasteiger partial charge in [-0.05, 0) is 69.2 Å². The number of hydrogen-bond acceptors (Lipinski definition) is 1. The predicted molar refractivity (Wildman–Crippen MR) is 72.8 cm³/mol. The highest BCUT2D eigenvalue weighted by molar-refractivity contribution is 5.11. The molecule has 0 radical (unpaired) electrons. The van der Waals surface area contributed by atoms with E-state index in [9.17, 15) is 0 Å². The Morgan fingerprint density at radius 2 is 2.18 bits per heavy atom. The summed E-state index contributed by atoms with van der Waals surface area (Å²) >= 11 is 0. The second kappa shape index (κ2) is 4.97. The van der Waals surface area contributed by atoms with Gasteiger partial charge in [0.15, 0.2) is 0 Å². The van der Waals surface area contributed by atoms with Gasteiger partial charge in [-0.25, -0.2) is 0 Å². The van der Waals surface area contributed by atoms with E-state index in [0.717, 1.165) is 23.7 Å². The van der Waals surface area contributed by atoms with E-state index in [1.54, 1.807) is 0 Å². The van der Waals surface area contributed by atoms with E-state index >= 15 is 0 Å². The van der Waals surface area contributed by atoms with Crippen molar-refractivity contribution in [1.29, 1.82) is 0 Å². The molecular weight excluding hydrogens is 206 g/mol. The molecule has 0 aromatic heterocycles. The Bertz CT molecular complexity index is 317. The molecule has 17 heavy (non-hydrogen) atoms. The third kappa shape index (κ3) is 2.49. The summed E-state index contributed by atoms with van der Waals surface area (Å²) in [5.74, 6) is 3.58. The molecule has 3 rings (SSSR count). The largest absolute Gasteiger partial charge is 0.314 e. The van der Waals surface area contributed by atoms with Gasteiger partial charge < -0.3 is 5.32 Å². The minimum Gasteiger partial charge on any atom is -0.314 e. The summed E-state index contributed by atoms with van der Waals surface area (Å²) in [5, 5.41) is 3.81. The van der Waals surface area contributed by atoms with Gasteiger partial charge in [0.25, 0.3) is 0 Å². The van der Waals surface area contributed by atoms with Gasteiger partial charge in [-0.3, -0.25) is 0 Å². The van der Waals surface area contributed by atoms with Crippen LogP contribution in [0.3, 0.4) is 0 Å². The van der Waals surface area contributed by atoms with Gasteiger partial charge in [-0.15, -0.1) is 0 Å². The second-order valence-corrected chi connectivity index (χ2v) is 6.29. The third-order valence-electron chi connectivity index (χ3n) is 5.08. The average Bonchev–Trinajstić information content (AvgIpc) is 2.99. The van der Waals surface area contributed by atoms with Crippen molar-refractivity contribution in [3.8, 4) is 0 Å². The van der Waals surface area contributed by atoms with Gasteiger partial charge in [0.2, 0.25) is 0 Å². The SMILES string of the molecule is CC(NCC1CC=CCC1)C1CC2C=CC1C2. The first-order chi connectivity index (χ1) is 8.33. The maximum Gasteiger partial charge on any atom is 0.00729 e. The summed E-state index contributed by atoms with van der Waals surface area (Å²) in [4.78, 5) is 0. The minimum atomic E-state index is 0.709. The Morgan fingerprint density at radius 1 is 1.24 bits per heavy atom. The molecule has 3 aliphatic carbocycles. The van der Waals surface area contributed by atoms with Crippen molar-refractivity contribution in [3.63, 3.8) is 0 Å². The summed E-state index contributed by atoms with van der Waals surface area (Å²) in [6.45, 7) is 3.63. The molecule has 0 heterocycles. The van der Waals surface area contributed by atoms with Gasteiger partial charge in [-0.1, -0.05) is 24.3 Å². The summed E-state index contributed by atoms with van der Waals surface area (Å²) in [6.07, 6.45) is 16.4. The van der Waals surface area contributed by atoms with Crippen molar-refractivity contribution in [2.24, 2.45) is 23.7 Å². The van der Waals surface area contributed by atoms with Crippen LogP contribution in [0.5, 0.6) is 0 Å². The fraction of sp³-hybridized carbons (Fsp3) is 0.750. The number of nitrogens with one attached hydrogen (secondary N) is 1. The van der Waals surface area contributed by atoms with E-state index in [0.29, 0.717) is 6.04 Å². The number of allylic oxidation sites excluding steroid dienone is 4. The molecule has 0 aromatic rings. The molecule has 0 amide bonds. The summed E-state index contributed by atoms with van der Waals surface area (Å²) in [5.41, 5.74) is 0. The molecule has 1 heteroatoms. The number of hydrogen-bond donors (Lipinski definition) is 1. The molecule has 2 bridgehead atoms. The van der Waals surface area contributed by atoms with Crippen molar-refractivity contribution in [2.75, 3.05) is 6.54 Å².